The Morgan fingerprint density at radius 2 is 2.20 bits per heavy atom. The summed E-state index contributed by atoms with van der Waals surface area (Å²) in [5.41, 5.74) is 6.97. The zero-order chi connectivity index (χ0) is 17.2. The van der Waals surface area contributed by atoms with Crippen molar-refractivity contribution in [2.45, 2.75) is 38.6 Å². The highest BCUT2D eigenvalue weighted by Crippen LogP contribution is 2.56. The second-order valence-corrected chi connectivity index (χ2v) is 7.60. The zero-order valence-electron chi connectivity index (χ0n) is 14.6. The van der Waals surface area contributed by atoms with Gasteiger partial charge in [0.15, 0.2) is 0 Å². The van der Waals surface area contributed by atoms with E-state index < -0.39 is 0 Å². The second kappa shape index (κ2) is 5.19. The van der Waals surface area contributed by atoms with Gasteiger partial charge in [0.1, 0.15) is 5.70 Å². The van der Waals surface area contributed by atoms with E-state index in [9.17, 15) is 4.79 Å². The SMILES string of the molecule is CC[C@@]12C=C(C(=O)NN)n3c4c(c5ccccc53)CCN(CCC1)[C@H]42. The Labute approximate surface area is 147 Å². The lowest BCUT2D eigenvalue weighted by atomic mass is 9.66. The maximum absolute atomic E-state index is 12.7. The Balaban J connectivity index is 1.89. The highest BCUT2D eigenvalue weighted by Gasteiger charge is 2.50. The molecule has 3 aliphatic rings. The fraction of sp³-hybridized carbons (Fsp3) is 0.450. The lowest BCUT2D eigenvalue weighted by Gasteiger charge is -2.53. The van der Waals surface area contributed by atoms with Gasteiger partial charge < -0.3 is 4.57 Å². The van der Waals surface area contributed by atoms with E-state index in [0.717, 1.165) is 37.9 Å². The first kappa shape index (κ1) is 15.2. The summed E-state index contributed by atoms with van der Waals surface area (Å²) in [7, 11) is 0. The molecule has 2 aromatic rings. The number of nitrogens with zero attached hydrogens (tertiary/aromatic N) is 2. The van der Waals surface area contributed by atoms with Crippen molar-refractivity contribution in [3.8, 4) is 0 Å². The molecule has 5 heteroatoms. The first-order valence-corrected chi connectivity index (χ1v) is 9.30. The van der Waals surface area contributed by atoms with E-state index in [4.69, 9.17) is 5.84 Å². The maximum atomic E-state index is 12.7. The summed E-state index contributed by atoms with van der Waals surface area (Å²) in [5.74, 6) is 5.34. The molecular formula is C20H24N4O. The topological polar surface area (TPSA) is 63.3 Å². The fourth-order valence-electron chi connectivity index (χ4n) is 5.52. The van der Waals surface area contributed by atoms with Gasteiger partial charge >= 0.3 is 0 Å². The number of nitrogens with two attached hydrogens (primary N) is 1. The van der Waals surface area contributed by atoms with E-state index in [1.165, 1.54) is 23.1 Å². The molecule has 0 spiro atoms. The van der Waals surface area contributed by atoms with Crippen molar-refractivity contribution >= 4 is 22.5 Å². The van der Waals surface area contributed by atoms with E-state index in [-0.39, 0.29) is 11.3 Å². The van der Waals surface area contributed by atoms with Crippen molar-refractivity contribution < 1.29 is 4.79 Å². The van der Waals surface area contributed by atoms with E-state index >= 15 is 0 Å². The molecule has 3 N–H and O–H groups in total. The third-order valence-electron chi connectivity index (χ3n) is 6.61. The van der Waals surface area contributed by atoms with E-state index in [1.54, 1.807) is 0 Å². The third-order valence-corrected chi connectivity index (χ3v) is 6.61. The number of hydrazine groups is 1. The van der Waals surface area contributed by atoms with Gasteiger partial charge in [0.2, 0.25) is 0 Å². The molecule has 4 heterocycles. The molecule has 1 saturated heterocycles. The molecular weight excluding hydrogens is 312 g/mol. The number of benzene rings is 1. The van der Waals surface area contributed by atoms with Crippen molar-refractivity contribution in [1.29, 1.82) is 0 Å². The smallest absolute Gasteiger partial charge is 0.281 e. The van der Waals surface area contributed by atoms with Crippen LogP contribution in [0.15, 0.2) is 30.3 Å². The standard InChI is InChI=1S/C20H24N4O/c1-2-20-9-5-10-23-11-8-14-13-6-3-4-7-15(13)24(17(14)18(20)23)16(12-20)19(25)22-21/h3-4,6-7,12,18H,2,5,8-11,21H2,1H3,(H,22,25)/t18-,20+/m1/s1. The Bertz CT molecular complexity index is 912. The van der Waals surface area contributed by atoms with Gasteiger partial charge in [-0.05, 0) is 49.9 Å². The predicted molar refractivity (Wildman–Crippen MR) is 98.5 cm³/mol. The number of amides is 1. The lowest BCUT2D eigenvalue weighted by molar-refractivity contribution is -0.116. The summed E-state index contributed by atoms with van der Waals surface area (Å²) in [4.78, 5) is 15.3. The van der Waals surface area contributed by atoms with E-state index in [0.29, 0.717) is 11.7 Å². The third kappa shape index (κ3) is 1.82. The molecule has 1 fully saturated rings. The van der Waals surface area contributed by atoms with Gasteiger partial charge in [-0.15, -0.1) is 0 Å². The molecule has 130 valence electrons. The molecule has 25 heavy (non-hydrogen) atoms. The Kier molecular flexibility index (Phi) is 3.15. The average molecular weight is 336 g/mol. The number of hydrogen-bond donors (Lipinski definition) is 2. The summed E-state index contributed by atoms with van der Waals surface area (Å²) in [6, 6.07) is 8.83. The molecule has 5 nitrogen and oxygen atoms in total. The van der Waals surface area contributed by atoms with Crippen molar-refractivity contribution in [3.05, 3.63) is 41.6 Å². The quantitative estimate of drug-likeness (QED) is 0.503. The van der Waals surface area contributed by atoms with Crippen LogP contribution in [0.4, 0.5) is 0 Å². The first-order chi connectivity index (χ1) is 12.2. The van der Waals surface area contributed by atoms with Gasteiger partial charge in [-0.25, -0.2) is 5.84 Å². The number of aromatic nitrogens is 1. The molecule has 0 unspecified atom stereocenters. The maximum Gasteiger partial charge on any atom is 0.281 e. The van der Waals surface area contributed by atoms with Gasteiger partial charge in [0.05, 0.1) is 11.6 Å². The Morgan fingerprint density at radius 1 is 1.36 bits per heavy atom. The molecule has 1 aromatic carbocycles. The van der Waals surface area contributed by atoms with Crippen molar-refractivity contribution in [1.82, 2.24) is 14.9 Å². The van der Waals surface area contributed by atoms with Crippen LogP contribution in [0.1, 0.15) is 43.5 Å². The van der Waals surface area contributed by atoms with Crippen LogP contribution in [-0.4, -0.2) is 28.5 Å². The largest absolute Gasteiger partial charge is 0.307 e. The molecule has 3 aliphatic heterocycles. The lowest BCUT2D eigenvalue weighted by Crippen LogP contribution is -2.51. The first-order valence-electron chi connectivity index (χ1n) is 9.30. The van der Waals surface area contributed by atoms with Crippen molar-refractivity contribution in [2.24, 2.45) is 11.3 Å². The minimum Gasteiger partial charge on any atom is -0.307 e. The molecule has 0 aliphatic carbocycles. The number of carbonyl (C=O) groups is 1. The van der Waals surface area contributed by atoms with Gasteiger partial charge in [-0.3, -0.25) is 15.1 Å². The van der Waals surface area contributed by atoms with Crippen molar-refractivity contribution in [3.63, 3.8) is 0 Å². The Morgan fingerprint density at radius 3 is 3.00 bits per heavy atom. The summed E-state index contributed by atoms with van der Waals surface area (Å²) in [6.45, 7) is 4.52. The van der Waals surface area contributed by atoms with Crippen molar-refractivity contribution in [2.75, 3.05) is 13.1 Å². The number of fused-ring (bicyclic) bond motifs is 3. The summed E-state index contributed by atoms with van der Waals surface area (Å²) in [6.07, 6.45) is 6.63. The molecule has 1 aromatic heterocycles. The van der Waals surface area contributed by atoms with Gasteiger partial charge in [0.25, 0.3) is 5.91 Å². The van der Waals surface area contributed by atoms with Gasteiger partial charge in [-0.1, -0.05) is 25.1 Å². The molecule has 0 radical (unpaired) electrons. The van der Waals surface area contributed by atoms with Crippen LogP contribution < -0.4 is 11.3 Å². The summed E-state index contributed by atoms with van der Waals surface area (Å²) < 4.78 is 2.18. The number of carbonyl (C=O) groups excluding carboxylic acids is 1. The number of hydrogen-bond acceptors (Lipinski definition) is 3. The molecule has 0 bridgehead atoms. The average Bonchev–Trinajstić information content (AvgIpc) is 3.01. The number of rotatable bonds is 2. The molecule has 2 atom stereocenters. The monoisotopic (exact) mass is 336 g/mol. The van der Waals surface area contributed by atoms with Crippen LogP contribution >= 0.6 is 0 Å². The van der Waals surface area contributed by atoms with Crippen LogP contribution in [0, 0.1) is 5.41 Å². The minimum absolute atomic E-state index is 0.0274. The summed E-state index contributed by atoms with van der Waals surface area (Å²) >= 11 is 0. The zero-order valence-corrected chi connectivity index (χ0v) is 14.6. The number of piperidine rings is 1. The van der Waals surface area contributed by atoms with Crippen LogP contribution in [0.2, 0.25) is 0 Å². The minimum atomic E-state index is -0.197. The molecule has 1 amide bonds. The van der Waals surface area contributed by atoms with Gasteiger partial charge in [0, 0.05) is 23.0 Å². The molecule has 0 saturated carbocycles. The predicted octanol–water partition coefficient (Wildman–Crippen LogP) is 2.58. The van der Waals surface area contributed by atoms with Crippen LogP contribution in [-0.2, 0) is 11.2 Å². The van der Waals surface area contributed by atoms with Crippen LogP contribution in [0.3, 0.4) is 0 Å². The number of para-hydroxylation sites is 1. The van der Waals surface area contributed by atoms with Gasteiger partial charge in [-0.2, -0.15) is 0 Å². The van der Waals surface area contributed by atoms with E-state index in [1.807, 2.05) is 0 Å². The highest BCUT2D eigenvalue weighted by molar-refractivity contribution is 6.16. The highest BCUT2D eigenvalue weighted by atomic mass is 16.2. The second-order valence-electron chi connectivity index (χ2n) is 7.60. The number of nitrogens with one attached hydrogen (secondary N) is 1. The van der Waals surface area contributed by atoms with Crippen LogP contribution in [0.5, 0.6) is 0 Å². The molecule has 5 rings (SSSR count). The van der Waals surface area contributed by atoms with Crippen LogP contribution in [0.25, 0.3) is 16.6 Å². The van der Waals surface area contributed by atoms with E-state index in [2.05, 4.69) is 52.2 Å². The fourth-order valence-corrected chi connectivity index (χ4v) is 5.52. The Hall–Kier alpha value is -2.11. The summed E-state index contributed by atoms with van der Waals surface area (Å²) in [5, 5.41) is 1.28. The normalized spacial score (nSPS) is 27.8.